The number of carbonyl (C=O) groups excluding carboxylic acids is 2. The Morgan fingerprint density at radius 3 is 2.44 bits per heavy atom. The van der Waals surface area contributed by atoms with Crippen LogP contribution in [0.4, 0.5) is 0 Å². The van der Waals surface area contributed by atoms with Gasteiger partial charge in [-0.05, 0) is 97.1 Å². The number of pyridine rings is 1. The lowest BCUT2D eigenvalue weighted by atomic mass is 9.97. The van der Waals surface area contributed by atoms with Crippen molar-refractivity contribution in [1.29, 1.82) is 0 Å². The molecule has 0 bridgehead atoms. The second-order valence-electron chi connectivity index (χ2n) is 9.99. The van der Waals surface area contributed by atoms with Crippen LogP contribution in [0.3, 0.4) is 0 Å². The van der Waals surface area contributed by atoms with E-state index in [9.17, 15) is 9.59 Å². The number of amides is 2. The van der Waals surface area contributed by atoms with Crippen LogP contribution in [0.25, 0.3) is 11.1 Å². The Kier molecular flexibility index (Phi) is 10.4. The molecule has 2 amide bonds. The van der Waals surface area contributed by atoms with E-state index in [1.807, 2.05) is 31.5 Å². The third-order valence-electron chi connectivity index (χ3n) is 7.49. The smallest absolute Gasteiger partial charge is 0.261 e. The van der Waals surface area contributed by atoms with E-state index in [4.69, 9.17) is 11.6 Å². The van der Waals surface area contributed by atoms with Crippen LogP contribution in [0.2, 0.25) is 5.02 Å². The number of aryl methyl sites for hydroxylation is 1. The summed E-state index contributed by atoms with van der Waals surface area (Å²) in [6.07, 6.45) is 9.06. The van der Waals surface area contributed by atoms with Crippen molar-refractivity contribution >= 4 is 35.4 Å². The molecule has 0 saturated carbocycles. The normalized spacial score (nSPS) is 14.2. The van der Waals surface area contributed by atoms with E-state index >= 15 is 0 Å². The molecule has 0 N–H and O–H groups in total. The van der Waals surface area contributed by atoms with E-state index in [-0.39, 0.29) is 17.9 Å². The highest BCUT2D eigenvalue weighted by Gasteiger charge is 2.34. The second-order valence-corrected chi connectivity index (χ2v) is 11.5. The van der Waals surface area contributed by atoms with E-state index in [0.29, 0.717) is 24.1 Å². The van der Waals surface area contributed by atoms with Crippen LogP contribution < -0.4 is 0 Å². The number of benzene rings is 2. The quantitative estimate of drug-likeness (QED) is 0.115. The van der Waals surface area contributed by atoms with Gasteiger partial charge in [0.1, 0.15) is 0 Å². The molecule has 2 heterocycles. The first kappa shape index (κ1) is 30.5. The lowest BCUT2D eigenvalue weighted by Gasteiger charge is -2.29. The molecule has 0 aliphatic carbocycles. The van der Waals surface area contributed by atoms with Crippen molar-refractivity contribution in [3.8, 4) is 11.1 Å². The Morgan fingerprint density at radius 1 is 1.05 bits per heavy atom. The summed E-state index contributed by atoms with van der Waals surface area (Å²) in [6, 6.07) is 16.8. The van der Waals surface area contributed by atoms with Crippen LogP contribution in [-0.4, -0.2) is 39.1 Å². The van der Waals surface area contributed by atoms with E-state index in [1.54, 1.807) is 11.9 Å². The molecule has 4 rings (SSSR count). The molecule has 2 aromatic carbocycles. The van der Waals surface area contributed by atoms with Crippen LogP contribution >= 0.6 is 23.5 Å². The van der Waals surface area contributed by atoms with Gasteiger partial charge in [-0.3, -0.25) is 19.5 Å². The van der Waals surface area contributed by atoms with Crippen molar-refractivity contribution in [2.45, 2.75) is 51.0 Å². The fourth-order valence-electron chi connectivity index (χ4n) is 5.00. The molecule has 0 spiro atoms. The Hall–Kier alpha value is -3.45. The number of imide groups is 1. The molecule has 41 heavy (non-hydrogen) atoms. The Bertz CT molecular complexity index is 1470. The molecule has 1 aromatic heterocycles. The fraction of sp³-hybridized carbons (Fsp3) is 0.265. The molecule has 212 valence electrons. The molecule has 5 nitrogen and oxygen atoms in total. The van der Waals surface area contributed by atoms with Crippen LogP contribution in [0.15, 0.2) is 102 Å². The number of aromatic nitrogens is 1. The van der Waals surface area contributed by atoms with Gasteiger partial charge < -0.3 is 0 Å². The number of hydrogen-bond acceptors (Lipinski definition) is 5. The average Bonchev–Trinajstić information content (AvgIpc) is 3.23. The lowest BCUT2D eigenvalue weighted by Crippen LogP contribution is -2.33. The summed E-state index contributed by atoms with van der Waals surface area (Å²) >= 11 is 8.15. The second kappa shape index (κ2) is 13.9. The molecular weight excluding hydrogens is 550 g/mol. The number of unbranched alkanes of at least 4 members (excludes halogenated alkanes) is 1. The number of halogens is 1. The topological polar surface area (TPSA) is 53.5 Å². The Labute approximate surface area is 252 Å². The van der Waals surface area contributed by atoms with Gasteiger partial charge in [0.25, 0.3) is 11.8 Å². The third-order valence-corrected chi connectivity index (χ3v) is 9.27. The largest absolute Gasteiger partial charge is 0.274 e. The van der Waals surface area contributed by atoms with Gasteiger partial charge in [0.05, 0.1) is 11.1 Å². The molecule has 1 aliphatic heterocycles. The number of nitrogens with zero attached hydrogens (tertiary/aromatic N) is 3. The minimum Gasteiger partial charge on any atom is -0.274 e. The van der Waals surface area contributed by atoms with Crippen LogP contribution in [0.5, 0.6) is 0 Å². The first-order valence-corrected chi connectivity index (χ1v) is 15.0. The van der Waals surface area contributed by atoms with Gasteiger partial charge in [-0.15, -0.1) is 0 Å². The van der Waals surface area contributed by atoms with Crippen LogP contribution in [-0.2, 0) is 16.0 Å². The number of rotatable bonds is 13. The van der Waals surface area contributed by atoms with Gasteiger partial charge in [0.2, 0.25) is 0 Å². The zero-order chi connectivity index (χ0) is 29.5. The molecule has 0 saturated heterocycles. The van der Waals surface area contributed by atoms with Gasteiger partial charge in [-0.2, -0.15) is 0 Å². The summed E-state index contributed by atoms with van der Waals surface area (Å²) < 4.78 is 2.36. The van der Waals surface area contributed by atoms with E-state index in [1.165, 1.54) is 39.3 Å². The Balaban J connectivity index is 1.53. The summed E-state index contributed by atoms with van der Waals surface area (Å²) in [7, 11) is 0. The molecule has 1 aliphatic rings. The minimum atomic E-state index is -0.298. The third kappa shape index (κ3) is 6.72. The van der Waals surface area contributed by atoms with E-state index < -0.39 is 0 Å². The van der Waals surface area contributed by atoms with Gasteiger partial charge >= 0.3 is 0 Å². The molecule has 3 aromatic rings. The van der Waals surface area contributed by atoms with Crippen LogP contribution in [0, 0.1) is 6.92 Å². The number of carbonyl (C=O) groups is 2. The predicted octanol–water partition coefficient (Wildman–Crippen LogP) is 8.16. The molecule has 1 atom stereocenters. The monoisotopic (exact) mass is 585 g/mol. The summed E-state index contributed by atoms with van der Waals surface area (Å²) in [5.41, 5.74) is 6.49. The number of hydrogen-bond donors (Lipinski definition) is 0. The average molecular weight is 586 g/mol. The fourth-order valence-corrected chi connectivity index (χ4v) is 6.37. The van der Waals surface area contributed by atoms with Crippen molar-refractivity contribution in [2.24, 2.45) is 0 Å². The first-order chi connectivity index (χ1) is 19.8. The molecule has 0 fully saturated rings. The van der Waals surface area contributed by atoms with E-state index in [2.05, 4.69) is 72.7 Å². The summed E-state index contributed by atoms with van der Waals surface area (Å²) in [4.78, 5) is 32.2. The van der Waals surface area contributed by atoms with Crippen molar-refractivity contribution in [3.05, 3.63) is 119 Å². The van der Waals surface area contributed by atoms with Crippen molar-refractivity contribution in [3.63, 3.8) is 0 Å². The van der Waals surface area contributed by atoms with Gasteiger partial charge in [-0.25, -0.2) is 4.31 Å². The minimum absolute atomic E-state index is 0.0849. The highest BCUT2D eigenvalue weighted by molar-refractivity contribution is 7.97. The maximum absolute atomic E-state index is 12.7. The van der Waals surface area contributed by atoms with Crippen LogP contribution in [0.1, 0.15) is 49.4 Å². The SMILES string of the molecule is C=CC1=C(C=C)C(=O)N(CCCCN(Sc2cccc(Cl)c2C)C(C)c2cccc(-c3ccncc3CC)c2)C1=O. The van der Waals surface area contributed by atoms with Gasteiger partial charge in [0.15, 0.2) is 0 Å². The maximum atomic E-state index is 12.7. The van der Waals surface area contributed by atoms with Crippen molar-refractivity contribution in [1.82, 2.24) is 14.2 Å². The maximum Gasteiger partial charge on any atom is 0.261 e. The summed E-state index contributed by atoms with van der Waals surface area (Å²) in [6.45, 7) is 14.9. The van der Waals surface area contributed by atoms with Gasteiger partial charge in [0, 0.05) is 41.4 Å². The van der Waals surface area contributed by atoms with Crippen molar-refractivity contribution in [2.75, 3.05) is 13.1 Å². The zero-order valence-corrected chi connectivity index (χ0v) is 25.5. The molecule has 7 heteroatoms. The predicted molar refractivity (Wildman–Crippen MR) is 170 cm³/mol. The summed E-state index contributed by atoms with van der Waals surface area (Å²) in [5, 5.41) is 0.740. The molecule has 1 unspecified atom stereocenters. The van der Waals surface area contributed by atoms with Gasteiger partial charge in [-0.1, -0.05) is 68.1 Å². The Morgan fingerprint density at radius 2 is 1.76 bits per heavy atom. The highest BCUT2D eigenvalue weighted by atomic mass is 35.5. The highest BCUT2D eigenvalue weighted by Crippen LogP contribution is 2.37. The molecule has 0 radical (unpaired) electrons. The van der Waals surface area contributed by atoms with Crippen molar-refractivity contribution < 1.29 is 9.59 Å². The standard InChI is InChI=1S/C34H36ClN3O2S/c1-6-25-22-36-18-17-30(25)27-14-11-13-26(21-27)24(5)38(41-32-16-12-15-31(35)23(32)4)20-10-9-19-37-33(39)28(7-2)29(8-3)34(37)40/h7-8,11-18,21-22,24H,2-3,6,9-10,19-20H2,1,4-5H3. The van der Waals surface area contributed by atoms with E-state index in [0.717, 1.165) is 34.9 Å². The molecular formula is C34H36ClN3O2S. The lowest BCUT2D eigenvalue weighted by molar-refractivity contribution is -0.137. The first-order valence-electron chi connectivity index (χ1n) is 13.9. The zero-order valence-electron chi connectivity index (χ0n) is 23.9. The summed E-state index contributed by atoms with van der Waals surface area (Å²) in [5.74, 6) is -0.596.